The molecule has 1 aliphatic rings. The molecule has 6 nitrogen and oxygen atoms in total. The molecular weight excluding hydrogens is 377 g/mol. The van der Waals surface area contributed by atoms with Gasteiger partial charge in [-0.15, -0.1) is 0 Å². The van der Waals surface area contributed by atoms with Crippen molar-refractivity contribution in [2.45, 2.75) is 19.4 Å². The van der Waals surface area contributed by atoms with E-state index in [0.29, 0.717) is 23.1 Å². The van der Waals surface area contributed by atoms with Crippen LogP contribution < -0.4 is 0 Å². The highest BCUT2D eigenvalue weighted by atomic mass is 19.1. The van der Waals surface area contributed by atoms with Crippen LogP contribution in [0.5, 0.6) is 0 Å². The fourth-order valence-electron chi connectivity index (χ4n) is 3.45. The summed E-state index contributed by atoms with van der Waals surface area (Å²) in [6.07, 6.45) is 0.346. The number of benzene rings is 2. The van der Waals surface area contributed by atoms with Crippen molar-refractivity contribution in [2.24, 2.45) is 0 Å². The van der Waals surface area contributed by atoms with Crippen molar-refractivity contribution >= 4 is 17.7 Å². The molecule has 2 aromatic rings. The van der Waals surface area contributed by atoms with E-state index in [1.165, 1.54) is 43.2 Å². The maximum atomic E-state index is 13.4. The standard InChI is InChI=1S/C22H20FNO5/c1-13(25)18-19(15-6-8-16(9-7-15)22(28)29-2)24(21(27)20(18)26)11-10-14-4-3-5-17(23)12-14/h3-9,12,19,26H,10-11H2,1-2H3. The van der Waals surface area contributed by atoms with Gasteiger partial charge in [0.05, 0.1) is 24.3 Å². The van der Waals surface area contributed by atoms with Gasteiger partial charge in [0.1, 0.15) is 5.82 Å². The zero-order chi connectivity index (χ0) is 21.1. The normalized spacial score (nSPS) is 16.3. The molecule has 1 heterocycles. The lowest BCUT2D eigenvalue weighted by Gasteiger charge is -2.26. The van der Waals surface area contributed by atoms with E-state index in [-0.39, 0.29) is 17.9 Å². The first-order chi connectivity index (χ1) is 13.8. The van der Waals surface area contributed by atoms with Crippen molar-refractivity contribution in [1.82, 2.24) is 4.90 Å². The second-order valence-corrected chi connectivity index (χ2v) is 6.71. The number of Topliss-reactive ketones (excluding diaryl/α,β-unsaturated/α-hetero) is 1. The molecule has 1 unspecified atom stereocenters. The van der Waals surface area contributed by atoms with Gasteiger partial charge in [-0.3, -0.25) is 9.59 Å². The van der Waals surface area contributed by atoms with Gasteiger partial charge in [-0.05, 0) is 48.7 Å². The molecule has 0 aliphatic carbocycles. The van der Waals surface area contributed by atoms with Crippen molar-refractivity contribution < 1.29 is 28.6 Å². The number of carbonyl (C=O) groups excluding carboxylic acids is 3. The van der Waals surface area contributed by atoms with Gasteiger partial charge in [-0.2, -0.15) is 0 Å². The van der Waals surface area contributed by atoms with E-state index in [2.05, 4.69) is 4.74 Å². The summed E-state index contributed by atoms with van der Waals surface area (Å²) in [6, 6.07) is 11.5. The molecule has 0 spiro atoms. The van der Waals surface area contributed by atoms with Crippen LogP contribution in [0.3, 0.4) is 0 Å². The summed E-state index contributed by atoms with van der Waals surface area (Å²) >= 11 is 0. The van der Waals surface area contributed by atoms with Crippen LogP contribution >= 0.6 is 0 Å². The van der Waals surface area contributed by atoms with Gasteiger partial charge in [0.25, 0.3) is 5.91 Å². The summed E-state index contributed by atoms with van der Waals surface area (Å²) in [6.45, 7) is 1.46. The molecule has 1 aliphatic heterocycles. The van der Waals surface area contributed by atoms with Gasteiger partial charge < -0.3 is 14.7 Å². The number of aliphatic hydroxyl groups excluding tert-OH is 1. The lowest BCUT2D eigenvalue weighted by molar-refractivity contribution is -0.129. The van der Waals surface area contributed by atoms with E-state index in [1.807, 2.05) is 0 Å². The maximum Gasteiger partial charge on any atom is 0.337 e. The van der Waals surface area contributed by atoms with E-state index in [9.17, 15) is 23.9 Å². The zero-order valence-electron chi connectivity index (χ0n) is 16.0. The Balaban J connectivity index is 1.93. The number of rotatable bonds is 6. The largest absolute Gasteiger partial charge is 0.503 e. The first kappa shape index (κ1) is 20.3. The smallest absolute Gasteiger partial charge is 0.337 e. The Kier molecular flexibility index (Phi) is 5.77. The summed E-state index contributed by atoms with van der Waals surface area (Å²) in [5.41, 5.74) is 1.58. The molecule has 0 fully saturated rings. The first-order valence-electron chi connectivity index (χ1n) is 9.01. The second-order valence-electron chi connectivity index (χ2n) is 6.71. The van der Waals surface area contributed by atoms with Gasteiger partial charge in [-0.25, -0.2) is 9.18 Å². The number of hydrogen-bond donors (Lipinski definition) is 1. The Hall–Kier alpha value is -3.48. The van der Waals surface area contributed by atoms with Crippen LogP contribution in [0.4, 0.5) is 4.39 Å². The van der Waals surface area contributed by atoms with Crippen molar-refractivity contribution in [3.05, 3.63) is 82.4 Å². The molecule has 1 amide bonds. The SMILES string of the molecule is COC(=O)c1ccc(C2C(C(C)=O)=C(O)C(=O)N2CCc2cccc(F)c2)cc1. The van der Waals surface area contributed by atoms with E-state index >= 15 is 0 Å². The highest BCUT2D eigenvalue weighted by Crippen LogP contribution is 2.37. The van der Waals surface area contributed by atoms with E-state index in [4.69, 9.17) is 0 Å². The molecule has 1 N–H and O–H groups in total. The maximum absolute atomic E-state index is 13.4. The molecule has 7 heteroatoms. The van der Waals surface area contributed by atoms with Crippen LogP contribution in [0.25, 0.3) is 0 Å². The Morgan fingerprint density at radius 2 is 1.86 bits per heavy atom. The predicted molar refractivity (Wildman–Crippen MR) is 103 cm³/mol. The third-order valence-corrected chi connectivity index (χ3v) is 4.86. The number of hydrogen-bond acceptors (Lipinski definition) is 5. The predicted octanol–water partition coefficient (Wildman–Crippen LogP) is 3.14. The molecule has 0 saturated heterocycles. The Morgan fingerprint density at radius 3 is 2.45 bits per heavy atom. The number of carbonyl (C=O) groups is 3. The fourth-order valence-corrected chi connectivity index (χ4v) is 3.45. The molecule has 2 aromatic carbocycles. The highest BCUT2D eigenvalue weighted by Gasteiger charge is 2.42. The second kappa shape index (κ2) is 8.26. The molecule has 0 aromatic heterocycles. The van der Waals surface area contributed by atoms with Gasteiger partial charge in [-0.1, -0.05) is 24.3 Å². The van der Waals surface area contributed by atoms with Crippen LogP contribution in [-0.2, 0) is 20.7 Å². The minimum Gasteiger partial charge on any atom is -0.503 e. The summed E-state index contributed by atoms with van der Waals surface area (Å²) in [7, 11) is 1.27. The number of aliphatic hydroxyl groups is 1. The number of ketones is 1. The average molecular weight is 397 g/mol. The van der Waals surface area contributed by atoms with Crippen LogP contribution in [0, 0.1) is 5.82 Å². The van der Waals surface area contributed by atoms with E-state index in [0.717, 1.165) is 0 Å². The fraction of sp³-hybridized carbons (Fsp3) is 0.227. The van der Waals surface area contributed by atoms with Gasteiger partial charge in [0.2, 0.25) is 0 Å². The van der Waals surface area contributed by atoms with E-state index < -0.39 is 29.5 Å². The molecule has 29 heavy (non-hydrogen) atoms. The minimum absolute atomic E-state index is 0.0000558. The summed E-state index contributed by atoms with van der Waals surface area (Å²) in [4.78, 5) is 37.8. The topological polar surface area (TPSA) is 83.9 Å². The number of methoxy groups -OCH3 is 1. The van der Waals surface area contributed by atoms with Crippen LogP contribution in [-0.4, -0.2) is 41.3 Å². The Labute approximate surface area is 167 Å². The quantitative estimate of drug-likeness (QED) is 0.757. The average Bonchev–Trinajstić information content (AvgIpc) is 2.96. The Bertz CT molecular complexity index is 997. The van der Waals surface area contributed by atoms with Crippen molar-refractivity contribution in [1.29, 1.82) is 0 Å². The monoisotopic (exact) mass is 397 g/mol. The van der Waals surface area contributed by atoms with E-state index in [1.54, 1.807) is 24.3 Å². The van der Waals surface area contributed by atoms with Gasteiger partial charge in [0.15, 0.2) is 11.5 Å². The van der Waals surface area contributed by atoms with Crippen LogP contribution in [0.2, 0.25) is 0 Å². The van der Waals surface area contributed by atoms with Gasteiger partial charge in [0, 0.05) is 6.54 Å². The van der Waals surface area contributed by atoms with Crippen molar-refractivity contribution in [3.8, 4) is 0 Å². The summed E-state index contributed by atoms with van der Waals surface area (Å²) in [5.74, 6) is -2.55. The third kappa shape index (κ3) is 4.03. The molecule has 0 bridgehead atoms. The number of nitrogens with zero attached hydrogens (tertiary/aromatic N) is 1. The summed E-state index contributed by atoms with van der Waals surface area (Å²) in [5, 5.41) is 10.3. The molecular formula is C22H20FNO5. The molecule has 150 valence electrons. The number of ether oxygens (including phenoxy) is 1. The summed E-state index contributed by atoms with van der Waals surface area (Å²) < 4.78 is 18.1. The zero-order valence-corrected chi connectivity index (χ0v) is 16.0. The third-order valence-electron chi connectivity index (χ3n) is 4.86. The van der Waals surface area contributed by atoms with Crippen LogP contribution in [0.1, 0.15) is 34.5 Å². The highest BCUT2D eigenvalue weighted by molar-refractivity contribution is 6.08. The van der Waals surface area contributed by atoms with Crippen molar-refractivity contribution in [3.63, 3.8) is 0 Å². The number of halogens is 1. The minimum atomic E-state index is -0.791. The van der Waals surface area contributed by atoms with Crippen molar-refractivity contribution in [2.75, 3.05) is 13.7 Å². The lowest BCUT2D eigenvalue weighted by Crippen LogP contribution is -2.33. The van der Waals surface area contributed by atoms with Crippen LogP contribution in [0.15, 0.2) is 59.9 Å². The first-order valence-corrected chi connectivity index (χ1v) is 9.01. The van der Waals surface area contributed by atoms with Gasteiger partial charge >= 0.3 is 5.97 Å². The molecule has 0 saturated carbocycles. The molecule has 0 radical (unpaired) electrons. The number of esters is 1. The lowest BCUT2D eigenvalue weighted by atomic mass is 9.95. The number of amides is 1. The molecule has 1 atom stereocenters. The molecule has 3 rings (SSSR count). The Morgan fingerprint density at radius 1 is 1.17 bits per heavy atom.